The second kappa shape index (κ2) is 8.16. The highest BCUT2D eigenvalue weighted by molar-refractivity contribution is 9.10. The van der Waals surface area contributed by atoms with Gasteiger partial charge in [0.1, 0.15) is 17.6 Å². The van der Waals surface area contributed by atoms with E-state index in [1.54, 1.807) is 29.8 Å². The largest absolute Gasteiger partial charge is 0.321 e. The maximum Gasteiger partial charge on any atom is 0.249 e. The Morgan fingerprint density at radius 3 is 2.57 bits per heavy atom. The number of amides is 1. The predicted octanol–water partition coefficient (Wildman–Crippen LogP) is 6.60. The number of anilines is 1. The molecular weight excluding hydrogens is 476 g/mol. The predicted molar refractivity (Wildman–Crippen MR) is 118 cm³/mol. The molecule has 152 valence electrons. The molecule has 4 nitrogen and oxygen atoms in total. The molecule has 1 aromatic heterocycles. The Balaban J connectivity index is 1.75. The van der Waals surface area contributed by atoms with Crippen molar-refractivity contribution in [1.29, 1.82) is 0 Å². The summed E-state index contributed by atoms with van der Waals surface area (Å²) in [4.78, 5) is 12.9. The zero-order valence-electron chi connectivity index (χ0n) is 15.7. The number of benzene rings is 3. The van der Waals surface area contributed by atoms with Gasteiger partial charge in [-0.05, 0) is 47.1 Å². The molecule has 8 heteroatoms. The van der Waals surface area contributed by atoms with Crippen LogP contribution in [0.1, 0.15) is 13.0 Å². The molecule has 0 aliphatic carbocycles. The maximum atomic E-state index is 14.1. The summed E-state index contributed by atoms with van der Waals surface area (Å²) in [6.45, 7) is 1.65. The third kappa shape index (κ3) is 3.82. The standard InChI is InChI=1S/C22H15BrClF2N3O/c1-12(22(30)27-21-17(23)10-15(25)11-18(21)26)29-19-8-7-14(24)9-16(19)20(28-29)13-5-3-2-4-6-13/h2-12H,1H3,(H,27,30). The summed E-state index contributed by atoms with van der Waals surface area (Å²) in [7, 11) is 0. The summed E-state index contributed by atoms with van der Waals surface area (Å²) in [5, 5.41) is 8.51. The van der Waals surface area contributed by atoms with Gasteiger partial charge in [-0.2, -0.15) is 5.10 Å². The number of aromatic nitrogens is 2. The molecule has 30 heavy (non-hydrogen) atoms. The third-order valence-corrected chi connectivity index (χ3v) is 5.58. The number of rotatable bonds is 4. The van der Waals surface area contributed by atoms with Gasteiger partial charge in [0, 0.05) is 26.5 Å². The second-order valence-electron chi connectivity index (χ2n) is 6.73. The van der Waals surface area contributed by atoms with Crippen LogP contribution >= 0.6 is 27.5 Å². The van der Waals surface area contributed by atoms with E-state index < -0.39 is 23.6 Å². The lowest BCUT2D eigenvalue weighted by Crippen LogP contribution is -2.25. The maximum absolute atomic E-state index is 14.1. The highest BCUT2D eigenvalue weighted by atomic mass is 79.9. The molecule has 1 atom stereocenters. The van der Waals surface area contributed by atoms with Crippen LogP contribution in [-0.4, -0.2) is 15.7 Å². The molecule has 4 rings (SSSR count). The molecule has 1 unspecified atom stereocenters. The first kappa shape index (κ1) is 20.5. The molecule has 0 saturated heterocycles. The van der Waals surface area contributed by atoms with E-state index in [0.717, 1.165) is 17.0 Å². The fraction of sp³-hybridized carbons (Fsp3) is 0.0909. The molecule has 0 saturated carbocycles. The van der Waals surface area contributed by atoms with Crippen LogP contribution in [0.3, 0.4) is 0 Å². The molecular formula is C22H15BrClF2N3O. The van der Waals surface area contributed by atoms with Gasteiger partial charge in [-0.25, -0.2) is 8.78 Å². The van der Waals surface area contributed by atoms with Crippen LogP contribution in [0.15, 0.2) is 65.1 Å². The Morgan fingerprint density at radius 2 is 1.87 bits per heavy atom. The van der Waals surface area contributed by atoms with Crippen molar-refractivity contribution in [3.63, 3.8) is 0 Å². The molecule has 0 aliphatic rings. The van der Waals surface area contributed by atoms with Gasteiger partial charge in [0.2, 0.25) is 5.91 Å². The van der Waals surface area contributed by atoms with Gasteiger partial charge in [-0.15, -0.1) is 0 Å². The van der Waals surface area contributed by atoms with Gasteiger partial charge in [0.15, 0.2) is 5.82 Å². The Morgan fingerprint density at radius 1 is 1.13 bits per heavy atom. The molecule has 1 N–H and O–H groups in total. The van der Waals surface area contributed by atoms with Crippen LogP contribution in [0.4, 0.5) is 14.5 Å². The normalized spacial score (nSPS) is 12.2. The Bertz CT molecular complexity index is 1240. The summed E-state index contributed by atoms with van der Waals surface area (Å²) in [5.74, 6) is -2.11. The summed E-state index contributed by atoms with van der Waals surface area (Å²) in [6, 6.07) is 15.9. The monoisotopic (exact) mass is 489 g/mol. The number of carbonyl (C=O) groups excluding carboxylic acids is 1. The number of nitrogens with one attached hydrogen (secondary N) is 1. The van der Waals surface area contributed by atoms with Gasteiger partial charge >= 0.3 is 0 Å². The first-order valence-corrected chi connectivity index (χ1v) is 10.2. The number of nitrogens with zero attached hydrogens (tertiary/aromatic N) is 2. The molecule has 0 bridgehead atoms. The number of fused-ring (bicyclic) bond motifs is 1. The van der Waals surface area contributed by atoms with E-state index >= 15 is 0 Å². The first-order valence-electron chi connectivity index (χ1n) is 9.03. The third-order valence-electron chi connectivity index (χ3n) is 4.72. The van der Waals surface area contributed by atoms with Crippen molar-refractivity contribution >= 4 is 50.0 Å². The second-order valence-corrected chi connectivity index (χ2v) is 8.02. The van der Waals surface area contributed by atoms with Crippen LogP contribution in [0, 0.1) is 11.6 Å². The molecule has 1 amide bonds. The van der Waals surface area contributed by atoms with Crippen LogP contribution in [0.25, 0.3) is 22.2 Å². The lowest BCUT2D eigenvalue weighted by atomic mass is 10.1. The molecule has 0 spiro atoms. The SMILES string of the molecule is CC(C(=O)Nc1c(F)cc(F)cc1Br)n1nc(-c2ccccc2)c2cc(Cl)ccc21. The van der Waals surface area contributed by atoms with Crippen LogP contribution < -0.4 is 5.32 Å². The fourth-order valence-electron chi connectivity index (χ4n) is 3.22. The van der Waals surface area contributed by atoms with Crippen LogP contribution in [-0.2, 0) is 4.79 Å². The molecule has 1 heterocycles. The number of hydrogen-bond acceptors (Lipinski definition) is 2. The molecule has 0 aliphatic heterocycles. The van der Waals surface area contributed by atoms with Gasteiger partial charge in [-0.3, -0.25) is 9.48 Å². The summed E-state index contributed by atoms with van der Waals surface area (Å²) >= 11 is 9.27. The molecule has 3 aromatic carbocycles. The van der Waals surface area contributed by atoms with Crippen molar-refractivity contribution in [1.82, 2.24) is 9.78 Å². The molecule has 0 radical (unpaired) electrons. The Kier molecular flexibility index (Phi) is 5.58. The van der Waals surface area contributed by atoms with Crippen molar-refractivity contribution in [2.24, 2.45) is 0 Å². The van der Waals surface area contributed by atoms with E-state index in [2.05, 4.69) is 26.3 Å². The quantitative estimate of drug-likeness (QED) is 0.350. The van der Waals surface area contributed by atoms with E-state index in [0.29, 0.717) is 22.3 Å². The van der Waals surface area contributed by atoms with Crippen molar-refractivity contribution in [2.75, 3.05) is 5.32 Å². The highest BCUT2D eigenvalue weighted by Crippen LogP contribution is 2.33. The average Bonchev–Trinajstić information content (AvgIpc) is 3.09. The lowest BCUT2D eigenvalue weighted by Gasteiger charge is -2.15. The molecule has 0 fully saturated rings. The van der Waals surface area contributed by atoms with E-state index in [-0.39, 0.29) is 10.2 Å². The Labute approximate surface area is 184 Å². The highest BCUT2D eigenvalue weighted by Gasteiger charge is 2.23. The van der Waals surface area contributed by atoms with Gasteiger partial charge in [-0.1, -0.05) is 41.9 Å². The Hall–Kier alpha value is -2.77. The smallest absolute Gasteiger partial charge is 0.249 e. The van der Waals surface area contributed by atoms with Crippen LogP contribution in [0.2, 0.25) is 5.02 Å². The molecule has 4 aromatic rings. The zero-order chi connectivity index (χ0) is 21.4. The van der Waals surface area contributed by atoms with Crippen molar-refractivity contribution in [3.05, 3.63) is 81.8 Å². The van der Waals surface area contributed by atoms with Crippen molar-refractivity contribution < 1.29 is 13.6 Å². The van der Waals surface area contributed by atoms with Crippen LogP contribution in [0.5, 0.6) is 0 Å². The fourth-order valence-corrected chi connectivity index (χ4v) is 3.90. The van der Waals surface area contributed by atoms with Gasteiger partial charge in [0.05, 0.1) is 11.2 Å². The number of halogens is 4. The van der Waals surface area contributed by atoms with Gasteiger partial charge in [0.25, 0.3) is 0 Å². The van der Waals surface area contributed by atoms with Gasteiger partial charge < -0.3 is 5.32 Å². The minimum Gasteiger partial charge on any atom is -0.321 e. The average molecular weight is 491 g/mol. The minimum atomic E-state index is -0.871. The van der Waals surface area contributed by atoms with Crippen molar-refractivity contribution in [2.45, 2.75) is 13.0 Å². The minimum absolute atomic E-state index is 0.114. The lowest BCUT2D eigenvalue weighted by molar-refractivity contribution is -0.119. The number of carbonyl (C=O) groups is 1. The summed E-state index contributed by atoms with van der Waals surface area (Å²) in [6.07, 6.45) is 0. The topological polar surface area (TPSA) is 46.9 Å². The van der Waals surface area contributed by atoms with E-state index in [4.69, 9.17) is 11.6 Å². The number of hydrogen-bond donors (Lipinski definition) is 1. The summed E-state index contributed by atoms with van der Waals surface area (Å²) < 4.78 is 29.2. The van der Waals surface area contributed by atoms with E-state index in [1.165, 1.54) is 0 Å². The van der Waals surface area contributed by atoms with E-state index in [1.807, 2.05) is 30.3 Å². The first-order chi connectivity index (χ1) is 14.3. The van der Waals surface area contributed by atoms with E-state index in [9.17, 15) is 13.6 Å². The van der Waals surface area contributed by atoms with Crippen molar-refractivity contribution in [3.8, 4) is 11.3 Å². The zero-order valence-corrected chi connectivity index (χ0v) is 18.0. The summed E-state index contributed by atoms with van der Waals surface area (Å²) in [5.41, 5.74) is 2.14.